The molecule has 1 aromatic rings. The van der Waals surface area contributed by atoms with Gasteiger partial charge in [-0.05, 0) is 32.7 Å². The number of hydrogen-bond acceptors (Lipinski definition) is 5. The molecule has 102 valence electrons. The van der Waals surface area contributed by atoms with Gasteiger partial charge in [0.25, 0.3) is 0 Å². The Bertz CT molecular complexity index is 345. The smallest absolute Gasteiger partial charge is 0.223 e. The van der Waals surface area contributed by atoms with Crippen LogP contribution in [0.4, 0.5) is 0 Å². The highest BCUT2D eigenvalue weighted by molar-refractivity contribution is 4.84. The molecule has 1 aliphatic rings. The molecule has 1 aliphatic heterocycles. The Morgan fingerprint density at radius 1 is 1.44 bits per heavy atom. The van der Waals surface area contributed by atoms with Crippen molar-refractivity contribution in [1.29, 1.82) is 0 Å². The summed E-state index contributed by atoms with van der Waals surface area (Å²) in [4.78, 5) is 4.19. The van der Waals surface area contributed by atoms with Crippen LogP contribution < -0.4 is 10.6 Å². The van der Waals surface area contributed by atoms with Crippen molar-refractivity contribution in [2.24, 2.45) is 0 Å². The van der Waals surface area contributed by atoms with E-state index in [1.165, 1.54) is 32.2 Å². The van der Waals surface area contributed by atoms with Gasteiger partial charge in [-0.1, -0.05) is 18.0 Å². The van der Waals surface area contributed by atoms with Gasteiger partial charge in [0, 0.05) is 19.0 Å². The molecule has 2 unspecified atom stereocenters. The molecule has 2 heterocycles. The van der Waals surface area contributed by atoms with Gasteiger partial charge in [-0.25, -0.2) is 0 Å². The van der Waals surface area contributed by atoms with E-state index < -0.39 is 0 Å². The highest BCUT2D eigenvalue weighted by Crippen LogP contribution is 2.12. The van der Waals surface area contributed by atoms with Crippen LogP contribution in [0.25, 0.3) is 0 Å². The minimum absolute atomic E-state index is 0.472. The molecule has 0 bridgehead atoms. The van der Waals surface area contributed by atoms with E-state index in [-0.39, 0.29) is 0 Å². The maximum atomic E-state index is 4.95. The molecular weight excluding hydrogens is 228 g/mol. The molecule has 0 saturated carbocycles. The molecule has 0 spiro atoms. The molecule has 2 rings (SSSR count). The molecule has 2 atom stereocenters. The minimum atomic E-state index is 0.472. The van der Waals surface area contributed by atoms with Crippen molar-refractivity contribution in [2.45, 2.75) is 64.6 Å². The molecule has 0 aromatic carbocycles. The molecule has 1 fully saturated rings. The van der Waals surface area contributed by atoms with Crippen LogP contribution in [0.15, 0.2) is 4.52 Å². The number of nitrogens with one attached hydrogen (secondary N) is 2. The molecule has 18 heavy (non-hydrogen) atoms. The molecule has 2 N–H and O–H groups in total. The zero-order valence-electron chi connectivity index (χ0n) is 11.4. The highest BCUT2D eigenvalue weighted by atomic mass is 16.5. The van der Waals surface area contributed by atoms with Gasteiger partial charge in [0.2, 0.25) is 5.89 Å². The summed E-state index contributed by atoms with van der Waals surface area (Å²) < 4.78 is 4.95. The number of rotatable bonds is 5. The monoisotopic (exact) mass is 252 g/mol. The van der Waals surface area contributed by atoms with Crippen LogP contribution in [0.5, 0.6) is 0 Å². The van der Waals surface area contributed by atoms with Gasteiger partial charge in [0.05, 0.1) is 6.54 Å². The first-order valence-corrected chi connectivity index (χ1v) is 7.00. The Balaban J connectivity index is 1.69. The first-order chi connectivity index (χ1) is 8.74. The maximum Gasteiger partial charge on any atom is 0.223 e. The summed E-state index contributed by atoms with van der Waals surface area (Å²) in [5.41, 5.74) is 0. The first-order valence-electron chi connectivity index (χ1n) is 7.00. The van der Waals surface area contributed by atoms with Crippen molar-refractivity contribution in [1.82, 2.24) is 20.8 Å². The van der Waals surface area contributed by atoms with Gasteiger partial charge < -0.3 is 15.2 Å². The number of nitrogens with zero attached hydrogens (tertiary/aromatic N) is 2. The van der Waals surface area contributed by atoms with Crippen LogP contribution in [-0.2, 0) is 6.54 Å². The fraction of sp³-hybridized carbons (Fsp3) is 0.846. The summed E-state index contributed by atoms with van der Waals surface area (Å²) in [6.07, 6.45) is 6.51. The Hall–Kier alpha value is -0.940. The Morgan fingerprint density at radius 3 is 3.11 bits per heavy atom. The average molecular weight is 252 g/mol. The molecular formula is C13H24N4O. The molecule has 0 aliphatic carbocycles. The quantitative estimate of drug-likeness (QED) is 0.836. The van der Waals surface area contributed by atoms with E-state index in [1.807, 2.05) is 6.92 Å². The second-order valence-corrected chi connectivity index (χ2v) is 5.25. The second-order valence-electron chi connectivity index (χ2n) is 5.25. The van der Waals surface area contributed by atoms with E-state index in [1.54, 1.807) is 0 Å². The van der Waals surface area contributed by atoms with E-state index >= 15 is 0 Å². The third-order valence-electron chi connectivity index (χ3n) is 3.48. The molecule has 0 radical (unpaired) electrons. The lowest BCUT2D eigenvalue weighted by molar-refractivity contribution is 0.375. The molecule has 0 amide bonds. The van der Waals surface area contributed by atoms with E-state index in [9.17, 15) is 0 Å². The zero-order chi connectivity index (χ0) is 12.8. The van der Waals surface area contributed by atoms with Crippen molar-refractivity contribution >= 4 is 0 Å². The van der Waals surface area contributed by atoms with Gasteiger partial charge in [-0.2, -0.15) is 4.98 Å². The molecule has 1 aromatic heterocycles. The number of aryl methyl sites for hydroxylation is 1. The lowest BCUT2D eigenvalue weighted by atomic mass is 10.0. The lowest BCUT2D eigenvalue weighted by Crippen LogP contribution is -2.36. The predicted octanol–water partition coefficient (Wildman–Crippen LogP) is 1.78. The maximum absolute atomic E-state index is 4.95. The minimum Gasteiger partial charge on any atom is -0.340 e. The van der Waals surface area contributed by atoms with Crippen molar-refractivity contribution in [3.8, 4) is 0 Å². The average Bonchev–Trinajstić information content (AvgIpc) is 2.60. The normalized spacial score (nSPS) is 22.7. The van der Waals surface area contributed by atoms with E-state index in [0.29, 0.717) is 24.5 Å². The van der Waals surface area contributed by atoms with Crippen molar-refractivity contribution in [3.63, 3.8) is 0 Å². The summed E-state index contributed by atoms with van der Waals surface area (Å²) in [5, 5.41) is 11.0. The fourth-order valence-electron chi connectivity index (χ4n) is 2.49. The second kappa shape index (κ2) is 6.85. The van der Waals surface area contributed by atoms with Crippen LogP contribution in [0.1, 0.15) is 50.7 Å². The molecule has 5 nitrogen and oxygen atoms in total. The van der Waals surface area contributed by atoms with Crippen LogP contribution in [0.2, 0.25) is 0 Å². The standard InChI is InChI=1S/C13H24N4O/c1-10(8-12-6-4-3-5-7-14-12)15-9-13-16-11(2)18-17-13/h10,12,14-15H,3-9H2,1-2H3. The Kier molecular flexibility index (Phi) is 5.13. The fourth-order valence-corrected chi connectivity index (χ4v) is 2.49. The SMILES string of the molecule is Cc1nc(CNC(C)CC2CCCCCN2)no1. The van der Waals surface area contributed by atoms with Crippen molar-refractivity contribution < 1.29 is 4.52 Å². The zero-order valence-corrected chi connectivity index (χ0v) is 11.4. The molecule has 5 heteroatoms. The first kappa shape index (κ1) is 13.5. The van der Waals surface area contributed by atoms with Crippen LogP contribution in [0.3, 0.4) is 0 Å². The van der Waals surface area contributed by atoms with Crippen LogP contribution in [0, 0.1) is 6.92 Å². The third kappa shape index (κ3) is 4.38. The van der Waals surface area contributed by atoms with E-state index in [0.717, 1.165) is 12.2 Å². The van der Waals surface area contributed by atoms with Gasteiger partial charge in [-0.15, -0.1) is 0 Å². The van der Waals surface area contributed by atoms with Crippen molar-refractivity contribution in [2.75, 3.05) is 6.54 Å². The predicted molar refractivity (Wildman–Crippen MR) is 70.2 cm³/mol. The van der Waals surface area contributed by atoms with E-state index in [2.05, 4.69) is 27.7 Å². The summed E-state index contributed by atoms with van der Waals surface area (Å²) >= 11 is 0. The van der Waals surface area contributed by atoms with Gasteiger partial charge in [-0.3, -0.25) is 0 Å². The number of aromatic nitrogens is 2. The summed E-state index contributed by atoms with van der Waals surface area (Å²) in [6, 6.07) is 1.13. The lowest BCUT2D eigenvalue weighted by Gasteiger charge is -2.20. The van der Waals surface area contributed by atoms with Crippen molar-refractivity contribution in [3.05, 3.63) is 11.7 Å². The topological polar surface area (TPSA) is 63.0 Å². The third-order valence-corrected chi connectivity index (χ3v) is 3.48. The molecule has 1 saturated heterocycles. The highest BCUT2D eigenvalue weighted by Gasteiger charge is 2.15. The van der Waals surface area contributed by atoms with E-state index in [4.69, 9.17) is 4.52 Å². The number of hydrogen-bond donors (Lipinski definition) is 2. The van der Waals surface area contributed by atoms with Gasteiger partial charge in [0.15, 0.2) is 5.82 Å². The van der Waals surface area contributed by atoms with Crippen LogP contribution in [-0.4, -0.2) is 28.8 Å². The summed E-state index contributed by atoms with van der Waals surface area (Å²) in [5.74, 6) is 1.37. The summed E-state index contributed by atoms with van der Waals surface area (Å²) in [7, 11) is 0. The van der Waals surface area contributed by atoms with Gasteiger partial charge in [0.1, 0.15) is 0 Å². The summed E-state index contributed by atoms with van der Waals surface area (Å²) in [6.45, 7) is 5.89. The van der Waals surface area contributed by atoms with Gasteiger partial charge >= 0.3 is 0 Å². The Labute approximate surface area is 109 Å². The Morgan fingerprint density at radius 2 is 2.33 bits per heavy atom. The largest absolute Gasteiger partial charge is 0.340 e. The van der Waals surface area contributed by atoms with Crippen LogP contribution >= 0.6 is 0 Å².